The molecule has 21 heavy (non-hydrogen) atoms. The maximum Gasteiger partial charge on any atom is 0.130 e. The molecule has 0 bridgehead atoms. The summed E-state index contributed by atoms with van der Waals surface area (Å²) in [5.74, 6) is 0.952. The molecule has 1 heterocycles. The van der Waals surface area contributed by atoms with E-state index < -0.39 is 0 Å². The summed E-state index contributed by atoms with van der Waals surface area (Å²) in [5.41, 5.74) is 6.32. The molecule has 0 radical (unpaired) electrons. The number of rotatable bonds is 2. The molecule has 4 rings (SSSR count). The van der Waals surface area contributed by atoms with Crippen molar-refractivity contribution >= 4 is 23.3 Å². The van der Waals surface area contributed by atoms with E-state index in [-0.39, 0.29) is 0 Å². The molecule has 2 aromatic carbocycles. The maximum absolute atomic E-state index is 5.98. The minimum absolute atomic E-state index is 0.765. The normalized spacial score (nSPS) is 13.1. The topological polar surface area (TPSA) is 13.1 Å². The summed E-state index contributed by atoms with van der Waals surface area (Å²) in [6, 6.07) is 18.4. The largest absolute Gasteiger partial charge is 0.465 e. The highest BCUT2D eigenvalue weighted by atomic mass is 35.5. The van der Waals surface area contributed by atoms with Crippen LogP contribution in [0.25, 0.3) is 22.8 Å². The zero-order chi connectivity index (χ0) is 14.2. The molecule has 0 saturated heterocycles. The lowest BCUT2D eigenvalue weighted by molar-refractivity contribution is 0.552. The molecule has 0 atom stereocenters. The van der Waals surface area contributed by atoms with Gasteiger partial charge in [-0.1, -0.05) is 41.9 Å². The zero-order valence-electron chi connectivity index (χ0n) is 11.3. The number of fused-ring (bicyclic) bond motifs is 1. The van der Waals surface area contributed by atoms with E-state index in [1.165, 1.54) is 27.8 Å². The minimum Gasteiger partial charge on any atom is -0.465 e. The predicted octanol–water partition coefficient (Wildman–Crippen LogP) is 5.70. The SMILES string of the molecule is Clc1ccc(-c2cccc3c2CC(c2ccco2)=C3)cc1. The molecule has 0 fully saturated rings. The van der Waals surface area contributed by atoms with Crippen molar-refractivity contribution in [3.63, 3.8) is 0 Å². The molecule has 0 amide bonds. The van der Waals surface area contributed by atoms with Crippen LogP contribution in [0.3, 0.4) is 0 Å². The number of hydrogen-bond donors (Lipinski definition) is 0. The van der Waals surface area contributed by atoms with Gasteiger partial charge in [-0.05, 0) is 58.2 Å². The van der Waals surface area contributed by atoms with Crippen molar-refractivity contribution in [2.75, 3.05) is 0 Å². The van der Waals surface area contributed by atoms with Gasteiger partial charge in [-0.3, -0.25) is 0 Å². The Balaban J connectivity index is 1.77. The van der Waals surface area contributed by atoms with Crippen molar-refractivity contribution in [3.05, 3.63) is 82.8 Å². The quantitative estimate of drug-likeness (QED) is 0.591. The van der Waals surface area contributed by atoms with Crippen molar-refractivity contribution in [1.82, 2.24) is 0 Å². The molecular weight excluding hydrogens is 280 g/mol. The van der Waals surface area contributed by atoms with Crippen LogP contribution in [0.4, 0.5) is 0 Å². The van der Waals surface area contributed by atoms with Gasteiger partial charge in [0.2, 0.25) is 0 Å². The summed E-state index contributed by atoms with van der Waals surface area (Å²) >= 11 is 5.98. The van der Waals surface area contributed by atoms with E-state index in [9.17, 15) is 0 Å². The fraction of sp³-hybridized carbons (Fsp3) is 0.0526. The molecule has 0 aliphatic heterocycles. The molecule has 0 unspecified atom stereocenters. The number of furan rings is 1. The minimum atomic E-state index is 0.765. The van der Waals surface area contributed by atoms with E-state index in [1.807, 2.05) is 24.3 Å². The monoisotopic (exact) mass is 292 g/mol. The Bertz CT molecular complexity index is 811. The van der Waals surface area contributed by atoms with Crippen molar-refractivity contribution in [2.45, 2.75) is 6.42 Å². The molecule has 0 spiro atoms. The van der Waals surface area contributed by atoms with E-state index in [4.69, 9.17) is 16.0 Å². The van der Waals surface area contributed by atoms with Gasteiger partial charge in [0.1, 0.15) is 5.76 Å². The van der Waals surface area contributed by atoms with Gasteiger partial charge in [0.05, 0.1) is 6.26 Å². The highest BCUT2D eigenvalue weighted by Crippen LogP contribution is 2.37. The van der Waals surface area contributed by atoms with Gasteiger partial charge >= 0.3 is 0 Å². The fourth-order valence-corrected chi connectivity index (χ4v) is 3.01. The molecule has 1 aliphatic rings. The first-order valence-corrected chi connectivity index (χ1v) is 7.31. The molecule has 1 nitrogen and oxygen atoms in total. The summed E-state index contributed by atoms with van der Waals surface area (Å²) in [7, 11) is 0. The Morgan fingerprint density at radius 1 is 0.905 bits per heavy atom. The molecular formula is C19H13ClO. The Morgan fingerprint density at radius 3 is 2.52 bits per heavy atom. The molecule has 2 heteroatoms. The van der Waals surface area contributed by atoms with Crippen LogP contribution in [0, 0.1) is 0 Å². The lowest BCUT2D eigenvalue weighted by atomic mass is 9.96. The second-order valence-electron chi connectivity index (χ2n) is 5.20. The number of halogens is 1. The van der Waals surface area contributed by atoms with Crippen LogP contribution >= 0.6 is 11.6 Å². The second-order valence-corrected chi connectivity index (χ2v) is 5.64. The number of benzene rings is 2. The van der Waals surface area contributed by atoms with Crippen LogP contribution in [0.1, 0.15) is 16.9 Å². The molecule has 3 aromatic rings. The van der Waals surface area contributed by atoms with Crippen LogP contribution in [-0.2, 0) is 6.42 Å². The van der Waals surface area contributed by atoms with Crippen molar-refractivity contribution < 1.29 is 4.42 Å². The van der Waals surface area contributed by atoms with E-state index in [0.29, 0.717) is 0 Å². The van der Waals surface area contributed by atoms with Crippen molar-refractivity contribution in [1.29, 1.82) is 0 Å². The van der Waals surface area contributed by atoms with Crippen molar-refractivity contribution in [2.24, 2.45) is 0 Å². The van der Waals surface area contributed by atoms with E-state index in [2.05, 4.69) is 36.4 Å². The van der Waals surface area contributed by atoms with Gasteiger partial charge in [0.15, 0.2) is 0 Å². The molecule has 1 aliphatic carbocycles. The first-order valence-electron chi connectivity index (χ1n) is 6.93. The Hall–Kier alpha value is -2.25. The third-order valence-electron chi connectivity index (χ3n) is 3.90. The number of allylic oxidation sites excluding steroid dienone is 1. The Morgan fingerprint density at radius 2 is 1.76 bits per heavy atom. The zero-order valence-corrected chi connectivity index (χ0v) is 12.1. The van der Waals surface area contributed by atoms with Crippen LogP contribution in [0.5, 0.6) is 0 Å². The highest BCUT2D eigenvalue weighted by Gasteiger charge is 2.19. The van der Waals surface area contributed by atoms with Crippen molar-refractivity contribution in [3.8, 4) is 11.1 Å². The molecule has 1 aromatic heterocycles. The summed E-state index contributed by atoms with van der Waals surface area (Å²) in [5, 5.41) is 0.765. The first-order chi connectivity index (χ1) is 10.3. The number of hydrogen-bond acceptors (Lipinski definition) is 1. The van der Waals surface area contributed by atoms with E-state index >= 15 is 0 Å². The van der Waals surface area contributed by atoms with Gasteiger partial charge in [-0.15, -0.1) is 0 Å². The maximum atomic E-state index is 5.98. The molecule has 0 saturated carbocycles. The fourth-order valence-electron chi connectivity index (χ4n) is 2.89. The van der Waals surface area contributed by atoms with Gasteiger partial charge < -0.3 is 4.42 Å². The smallest absolute Gasteiger partial charge is 0.130 e. The standard InChI is InChI=1S/C19H13ClO/c20-16-8-6-13(7-9-16)17-4-1-3-14-11-15(12-18(14)17)19-5-2-10-21-19/h1-11H,12H2. The van der Waals surface area contributed by atoms with Crippen LogP contribution < -0.4 is 0 Å². The van der Waals surface area contributed by atoms with E-state index in [0.717, 1.165) is 17.2 Å². The summed E-state index contributed by atoms with van der Waals surface area (Å²) in [6.45, 7) is 0. The third kappa shape index (κ3) is 2.20. The summed E-state index contributed by atoms with van der Waals surface area (Å²) in [6.07, 6.45) is 4.84. The van der Waals surface area contributed by atoms with Gasteiger partial charge in [0.25, 0.3) is 0 Å². The van der Waals surface area contributed by atoms with Gasteiger partial charge in [-0.2, -0.15) is 0 Å². The average Bonchev–Trinajstić information content (AvgIpc) is 3.16. The molecule has 102 valence electrons. The lowest BCUT2D eigenvalue weighted by Gasteiger charge is -2.09. The Labute approximate surface area is 128 Å². The first kappa shape index (κ1) is 12.5. The van der Waals surface area contributed by atoms with Crippen LogP contribution in [-0.4, -0.2) is 0 Å². The lowest BCUT2D eigenvalue weighted by Crippen LogP contribution is -1.90. The summed E-state index contributed by atoms with van der Waals surface area (Å²) < 4.78 is 5.52. The van der Waals surface area contributed by atoms with Crippen LogP contribution in [0.2, 0.25) is 5.02 Å². The third-order valence-corrected chi connectivity index (χ3v) is 4.15. The molecule has 0 N–H and O–H groups in total. The Kier molecular flexibility index (Phi) is 2.94. The van der Waals surface area contributed by atoms with Gasteiger partial charge in [0, 0.05) is 11.4 Å². The van der Waals surface area contributed by atoms with Crippen LogP contribution in [0.15, 0.2) is 65.3 Å². The second kappa shape index (κ2) is 4.94. The predicted molar refractivity (Wildman–Crippen MR) is 87.2 cm³/mol. The van der Waals surface area contributed by atoms with Gasteiger partial charge in [-0.25, -0.2) is 0 Å². The summed E-state index contributed by atoms with van der Waals surface area (Å²) in [4.78, 5) is 0. The average molecular weight is 293 g/mol. The van der Waals surface area contributed by atoms with E-state index in [1.54, 1.807) is 6.26 Å². The highest BCUT2D eigenvalue weighted by molar-refractivity contribution is 6.30.